The van der Waals surface area contributed by atoms with Gasteiger partial charge in [-0.05, 0) is 49.7 Å². The molecule has 0 radical (unpaired) electrons. The molecule has 3 rings (SSSR count). The minimum Gasteiger partial charge on any atom is -0.480 e. The van der Waals surface area contributed by atoms with Crippen molar-refractivity contribution in [2.24, 2.45) is 0 Å². The molecule has 0 spiro atoms. The fraction of sp³-hybridized carbons (Fsp3) is 0.391. The summed E-state index contributed by atoms with van der Waals surface area (Å²) in [5.41, 5.74) is 0.580. The average molecular weight is 520 g/mol. The number of nitrogens with zero attached hydrogens (tertiary/aromatic N) is 2. The maximum Gasteiger partial charge on any atom is 0.412 e. The SMILES string of the molecule is CNCCNC(=O)Oc1ccc(C[C@@H](NC(=O)[C@@H]2CCCN2S(=O)(=O)c2cccnc2)C(=O)O)cc1. The number of carboxylic acids is 1. The van der Waals surface area contributed by atoms with Gasteiger partial charge in [-0.15, -0.1) is 0 Å². The molecule has 1 saturated heterocycles. The first-order valence-corrected chi connectivity index (χ1v) is 12.8. The number of carbonyl (C=O) groups is 3. The predicted molar refractivity (Wildman–Crippen MR) is 129 cm³/mol. The van der Waals surface area contributed by atoms with E-state index >= 15 is 0 Å². The Morgan fingerprint density at radius 3 is 2.58 bits per heavy atom. The van der Waals surface area contributed by atoms with E-state index in [1.807, 2.05) is 0 Å². The molecule has 0 unspecified atom stereocenters. The minimum atomic E-state index is -3.96. The second-order valence-electron chi connectivity index (χ2n) is 8.13. The fourth-order valence-corrected chi connectivity index (χ4v) is 5.38. The molecule has 1 aliphatic rings. The van der Waals surface area contributed by atoms with Crippen LogP contribution in [-0.4, -0.2) is 79.5 Å². The predicted octanol–water partition coefficient (Wildman–Crippen LogP) is 0.355. The molecule has 2 atom stereocenters. The van der Waals surface area contributed by atoms with E-state index in [0.717, 1.165) is 4.31 Å². The Labute approximate surface area is 209 Å². The van der Waals surface area contributed by atoms with Gasteiger partial charge in [0, 0.05) is 38.4 Å². The van der Waals surface area contributed by atoms with Crippen LogP contribution in [0.2, 0.25) is 0 Å². The van der Waals surface area contributed by atoms with Crippen molar-refractivity contribution in [2.75, 3.05) is 26.7 Å². The van der Waals surface area contributed by atoms with Crippen molar-refractivity contribution in [3.05, 3.63) is 54.4 Å². The summed E-state index contributed by atoms with van der Waals surface area (Å²) < 4.78 is 32.2. The number of aromatic nitrogens is 1. The van der Waals surface area contributed by atoms with Crippen LogP contribution >= 0.6 is 0 Å². The molecule has 0 saturated carbocycles. The van der Waals surface area contributed by atoms with Crippen molar-refractivity contribution in [3.8, 4) is 5.75 Å². The van der Waals surface area contributed by atoms with Crippen LogP contribution in [0, 0.1) is 0 Å². The van der Waals surface area contributed by atoms with Gasteiger partial charge < -0.3 is 25.8 Å². The number of sulfonamides is 1. The van der Waals surface area contributed by atoms with Crippen LogP contribution in [0.15, 0.2) is 53.7 Å². The molecule has 1 aromatic carbocycles. The minimum absolute atomic E-state index is 0.0301. The van der Waals surface area contributed by atoms with Crippen molar-refractivity contribution >= 4 is 28.0 Å². The molecule has 13 heteroatoms. The average Bonchev–Trinajstić information content (AvgIpc) is 3.37. The highest BCUT2D eigenvalue weighted by molar-refractivity contribution is 7.89. The van der Waals surface area contributed by atoms with Gasteiger partial charge in [-0.2, -0.15) is 4.31 Å². The molecule has 1 fully saturated rings. The number of hydrogen-bond acceptors (Lipinski definition) is 8. The molecule has 2 heterocycles. The number of pyridine rings is 1. The number of likely N-dealkylation sites (N-methyl/N-ethyl adjacent to an activating group) is 1. The summed E-state index contributed by atoms with van der Waals surface area (Å²) in [6.45, 7) is 1.14. The first-order valence-electron chi connectivity index (χ1n) is 11.4. The third-order valence-corrected chi connectivity index (χ3v) is 7.47. The molecule has 4 N–H and O–H groups in total. The monoisotopic (exact) mass is 519 g/mol. The van der Waals surface area contributed by atoms with Gasteiger partial charge in [0.1, 0.15) is 22.7 Å². The van der Waals surface area contributed by atoms with Crippen molar-refractivity contribution in [1.29, 1.82) is 0 Å². The van der Waals surface area contributed by atoms with Crippen LogP contribution < -0.4 is 20.7 Å². The molecule has 194 valence electrons. The van der Waals surface area contributed by atoms with E-state index in [0.29, 0.717) is 25.1 Å². The van der Waals surface area contributed by atoms with Gasteiger partial charge in [0.2, 0.25) is 15.9 Å². The summed E-state index contributed by atoms with van der Waals surface area (Å²) in [6, 6.07) is 6.81. The lowest BCUT2D eigenvalue weighted by Crippen LogP contribution is -2.51. The Balaban J connectivity index is 1.63. The van der Waals surface area contributed by atoms with Gasteiger partial charge >= 0.3 is 12.1 Å². The summed E-state index contributed by atoms with van der Waals surface area (Å²) in [5.74, 6) is -1.66. The van der Waals surface area contributed by atoms with Gasteiger partial charge in [-0.3, -0.25) is 9.78 Å². The number of amides is 2. The number of nitrogens with one attached hydrogen (secondary N) is 3. The Morgan fingerprint density at radius 1 is 1.19 bits per heavy atom. The highest BCUT2D eigenvalue weighted by atomic mass is 32.2. The van der Waals surface area contributed by atoms with E-state index in [1.54, 1.807) is 19.2 Å². The molecule has 0 bridgehead atoms. The zero-order valence-electron chi connectivity index (χ0n) is 19.7. The van der Waals surface area contributed by atoms with E-state index < -0.39 is 40.1 Å². The third kappa shape index (κ3) is 6.99. The second-order valence-corrected chi connectivity index (χ2v) is 10.0. The topological polar surface area (TPSA) is 167 Å². The van der Waals surface area contributed by atoms with Crippen LogP contribution in [0.5, 0.6) is 5.75 Å². The Kier molecular flexibility index (Phi) is 9.33. The lowest BCUT2D eigenvalue weighted by molar-refractivity contribution is -0.142. The number of ether oxygens (including phenoxy) is 1. The maximum atomic E-state index is 13.0. The molecular weight excluding hydrogens is 490 g/mol. The number of carboxylic acid groups (broad SMARTS) is 1. The van der Waals surface area contributed by atoms with Crippen molar-refractivity contribution in [2.45, 2.75) is 36.2 Å². The van der Waals surface area contributed by atoms with Crippen LogP contribution in [0.1, 0.15) is 18.4 Å². The molecule has 12 nitrogen and oxygen atoms in total. The van der Waals surface area contributed by atoms with E-state index in [9.17, 15) is 27.9 Å². The van der Waals surface area contributed by atoms with E-state index in [1.165, 1.54) is 36.7 Å². The normalized spacial score (nSPS) is 16.8. The number of aliphatic carboxylic acids is 1. The molecule has 1 aromatic heterocycles. The quantitative estimate of drug-likeness (QED) is 0.306. The van der Waals surface area contributed by atoms with Crippen LogP contribution in [0.4, 0.5) is 4.79 Å². The summed E-state index contributed by atoms with van der Waals surface area (Å²) in [4.78, 5) is 40.4. The lowest BCUT2D eigenvalue weighted by atomic mass is 10.1. The van der Waals surface area contributed by atoms with Crippen molar-refractivity contribution in [3.63, 3.8) is 0 Å². The van der Waals surface area contributed by atoms with Gasteiger partial charge in [0.25, 0.3) is 0 Å². The number of carbonyl (C=O) groups excluding carboxylic acids is 2. The highest BCUT2D eigenvalue weighted by Crippen LogP contribution is 2.26. The van der Waals surface area contributed by atoms with E-state index in [2.05, 4.69) is 20.9 Å². The molecule has 1 aliphatic heterocycles. The van der Waals surface area contributed by atoms with E-state index in [-0.39, 0.29) is 30.0 Å². The second kappa shape index (κ2) is 12.4. The molecule has 2 amide bonds. The van der Waals surface area contributed by atoms with Gasteiger partial charge in [-0.1, -0.05) is 12.1 Å². The maximum absolute atomic E-state index is 13.0. The number of benzene rings is 1. The van der Waals surface area contributed by atoms with Crippen LogP contribution in [0.25, 0.3) is 0 Å². The lowest BCUT2D eigenvalue weighted by Gasteiger charge is -2.25. The van der Waals surface area contributed by atoms with Gasteiger partial charge in [0.05, 0.1) is 0 Å². The van der Waals surface area contributed by atoms with Crippen molar-refractivity contribution in [1.82, 2.24) is 25.2 Å². The molecule has 2 aromatic rings. The van der Waals surface area contributed by atoms with E-state index in [4.69, 9.17) is 4.74 Å². The standard InChI is InChI=1S/C23H29N5O7S/c1-24-11-12-26-23(32)35-17-8-6-16(7-9-17)14-19(22(30)31)27-21(29)20-5-3-13-28(20)36(33,34)18-4-2-10-25-15-18/h2,4,6-10,15,19-20,24H,3,5,11-14H2,1H3,(H,26,32)(H,27,29)(H,30,31)/t19-,20+/m1/s1. The third-order valence-electron chi connectivity index (χ3n) is 5.58. The Morgan fingerprint density at radius 2 is 1.94 bits per heavy atom. The van der Waals surface area contributed by atoms with Gasteiger partial charge in [0.15, 0.2) is 0 Å². The summed E-state index contributed by atoms with van der Waals surface area (Å²) in [6.07, 6.45) is 2.75. The van der Waals surface area contributed by atoms with Gasteiger partial charge in [-0.25, -0.2) is 18.0 Å². The summed E-state index contributed by atoms with van der Waals surface area (Å²) in [5, 5.41) is 17.6. The van der Waals surface area contributed by atoms with Crippen molar-refractivity contribution < 1.29 is 32.6 Å². The fourth-order valence-electron chi connectivity index (χ4n) is 3.75. The molecule has 0 aliphatic carbocycles. The number of rotatable bonds is 11. The Bertz CT molecular complexity index is 1160. The first kappa shape index (κ1) is 27.0. The highest BCUT2D eigenvalue weighted by Gasteiger charge is 2.40. The largest absolute Gasteiger partial charge is 0.480 e. The van der Waals surface area contributed by atoms with Crippen LogP contribution in [-0.2, 0) is 26.0 Å². The smallest absolute Gasteiger partial charge is 0.412 e. The zero-order valence-corrected chi connectivity index (χ0v) is 20.5. The zero-order chi connectivity index (χ0) is 26.1. The molecular formula is C23H29N5O7S. The van der Waals surface area contributed by atoms with Crippen LogP contribution in [0.3, 0.4) is 0 Å². The molecule has 36 heavy (non-hydrogen) atoms. The first-order chi connectivity index (χ1) is 17.2. The summed E-state index contributed by atoms with van der Waals surface area (Å²) in [7, 11) is -2.20. The Hall–Kier alpha value is -3.55. The number of hydrogen-bond donors (Lipinski definition) is 4. The summed E-state index contributed by atoms with van der Waals surface area (Å²) >= 11 is 0.